The minimum Gasteiger partial charge on any atom is -0.255 e. The van der Waals surface area contributed by atoms with E-state index in [1.807, 2.05) is 4.68 Å². The van der Waals surface area contributed by atoms with Gasteiger partial charge in [-0.3, -0.25) is 4.99 Å². The van der Waals surface area contributed by atoms with E-state index in [1.165, 1.54) is 29.5 Å². The fraction of sp³-hybridized carbons (Fsp3) is 0.455. The molecule has 4 heteroatoms. The lowest BCUT2D eigenvalue weighted by molar-refractivity contribution is 0.589. The first-order valence-corrected chi connectivity index (χ1v) is 10.4. The molecule has 1 fully saturated rings. The van der Waals surface area contributed by atoms with Gasteiger partial charge in [-0.05, 0) is 69.6 Å². The largest absolute Gasteiger partial charge is 0.255 e. The summed E-state index contributed by atoms with van der Waals surface area (Å²) in [6, 6.07) is 6.89. The van der Waals surface area contributed by atoms with Gasteiger partial charge in [0.2, 0.25) is 4.80 Å². The maximum Gasteiger partial charge on any atom is 0.206 e. The summed E-state index contributed by atoms with van der Waals surface area (Å²) in [6.45, 7) is 8.55. The lowest BCUT2D eigenvalue weighted by atomic mass is 9.95. The van der Waals surface area contributed by atoms with Crippen LogP contribution in [0.4, 0.5) is 0 Å². The number of aromatic nitrogens is 1. The Hall–Kier alpha value is -1.94. The van der Waals surface area contributed by atoms with Crippen molar-refractivity contribution in [3.8, 4) is 11.3 Å². The number of rotatable bonds is 4. The molecule has 1 aromatic heterocycles. The summed E-state index contributed by atoms with van der Waals surface area (Å²) in [5.41, 5.74) is 4.97. The molecule has 0 amide bonds. The van der Waals surface area contributed by atoms with Crippen molar-refractivity contribution in [1.82, 2.24) is 4.68 Å². The molecule has 136 valence electrons. The van der Waals surface area contributed by atoms with Crippen LogP contribution in [-0.2, 0) is 0 Å². The normalized spacial score (nSPS) is 25.3. The van der Waals surface area contributed by atoms with E-state index >= 15 is 0 Å². The van der Waals surface area contributed by atoms with Gasteiger partial charge >= 0.3 is 0 Å². The molecule has 0 N–H and O–H groups in total. The van der Waals surface area contributed by atoms with Crippen molar-refractivity contribution in [2.24, 2.45) is 27.8 Å². The van der Waals surface area contributed by atoms with Crippen molar-refractivity contribution in [3.63, 3.8) is 0 Å². The van der Waals surface area contributed by atoms with Crippen LogP contribution < -0.4 is 4.80 Å². The second kappa shape index (κ2) is 6.99. The molecular formula is C22H27N3S. The predicted octanol–water partition coefficient (Wildman–Crippen LogP) is 5.19. The minimum absolute atomic E-state index is 0.258. The van der Waals surface area contributed by atoms with Gasteiger partial charge in [0.15, 0.2) is 0 Å². The Balaban J connectivity index is 1.74. The highest BCUT2D eigenvalue weighted by atomic mass is 32.1. The van der Waals surface area contributed by atoms with Crippen molar-refractivity contribution in [3.05, 3.63) is 51.7 Å². The molecule has 0 spiro atoms. The molecule has 2 bridgehead atoms. The number of benzene rings is 1. The lowest BCUT2D eigenvalue weighted by Crippen LogP contribution is -2.16. The summed E-state index contributed by atoms with van der Waals surface area (Å²) in [5.74, 6) is 2.01. The molecule has 1 aromatic carbocycles. The number of fused-ring (bicyclic) bond motifs is 2. The number of hydrogen-bond donors (Lipinski definition) is 0. The summed E-state index contributed by atoms with van der Waals surface area (Å²) in [5, 5.41) is 7.11. The fourth-order valence-electron chi connectivity index (χ4n) is 3.97. The van der Waals surface area contributed by atoms with Crippen LogP contribution in [0.1, 0.15) is 37.8 Å². The maximum atomic E-state index is 4.92. The van der Waals surface area contributed by atoms with Crippen LogP contribution in [0.25, 0.3) is 11.3 Å². The molecule has 2 aromatic rings. The van der Waals surface area contributed by atoms with Crippen LogP contribution in [0.5, 0.6) is 0 Å². The Labute approximate surface area is 159 Å². The number of thiazole rings is 1. The Morgan fingerprint density at radius 2 is 2.00 bits per heavy atom. The van der Waals surface area contributed by atoms with Crippen molar-refractivity contribution in [1.29, 1.82) is 0 Å². The number of hydrogen-bond acceptors (Lipinski definition) is 3. The van der Waals surface area contributed by atoms with Gasteiger partial charge in [-0.2, -0.15) is 5.10 Å². The van der Waals surface area contributed by atoms with E-state index in [-0.39, 0.29) is 6.04 Å². The molecule has 2 aliphatic rings. The molecular weight excluding hydrogens is 338 g/mol. The number of nitrogens with zero attached hydrogens (tertiary/aromatic N) is 3. The van der Waals surface area contributed by atoms with Gasteiger partial charge in [0.05, 0.1) is 5.69 Å². The second-order valence-electron chi connectivity index (χ2n) is 7.95. The van der Waals surface area contributed by atoms with Gasteiger partial charge in [-0.15, -0.1) is 11.3 Å². The second-order valence-corrected chi connectivity index (χ2v) is 8.78. The standard InChI is InChI=1S/C22H27N3S/c1-14(2)24-22-25(23-12-20-11-17-6-8-18(20)10-17)21(13-26-22)19-7-5-15(3)16(4)9-19/h5-9,12-14,17-18,20H,10-11H2,1-4H3. The predicted molar refractivity (Wildman–Crippen MR) is 111 cm³/mol. The van der Waals surface area contributed by atoms with Crippen LogP contribution in [0.2, 0.25) is 0 Å². The fourth-order valence-corrected chi connectivity index (χ4v) is 4.94. The molecule has 2 aliphatic carbocycles. The number of aryl methyl sites for hydroxylation is 2. The highest BCUT2D eigenvalue weighted by molar-refractivity contribution is 7.07. The van der Waals surface area contributed by atoms with Crippen molar-refractivity contribution in [2.45, 2.75) is 46.6 Å². The third kappa shape index (κ3) is 3.35. The molecule has 3 unspecified atom stereocenters. The molecule has 3 nitrogen and oxygen atoms in total. The molecule has 0 saturated heterocycles. The average molecular weight is 366 g/mol. The van der Waals surface area contributed by atoms with Crippen molar-refractivity contribution < 1.29 is 0 Å². The zero-order valence-corrected chi connectivity index (χ0v) is 16.8. The van der Waals surface area contributed by atoms with Gasteiger partial charge in [0.1, 0.15) is 0 Å². The SMILES string of the molecule is Cc1ccc(-c2csc(=NC(C)C)n2N=CC2CC3C=CC2C3)cc1C. The summed E-state index contributed by atoms with van der Waals surface area (Å²) in [6.07, 6.45) is 9.48. The Bertz CT molecular complexity index is 929. The first-order chi connectivity index (χ1) is 12.5. The van der Waals surface area contributed by atoms with Crippen LogP contribution >= 0.6 is 11.3 Å². The smallest absolute Gasteiger partial charge is 0.206 e. The summed E-state index contributed by atoms with van der Waals surface area (Å²) in [4.78, 5) is 5.77. The van der Waals surface area contributed by atoms with Crippen molar-refractivity contribution >= 4 is 17.6 Å². The summed E-state index contributed by atoms with van der Waals surface area (Å²) in [7, 11) is 0. The summed E-state index contributed by atoms with van der Waals surface area (Å²) >= 11 is 1.68. The molecule has 3 atom stereocenters. The van der Waals surface area contributed by atoms with E-state index in [0.29, 0.717) is 11.8 Å². The van der Waals surface area contributed by atoms with E-state index in [2.05, 4.69) is 69.6 Å². The maximum absolute atomic E-state index is 4.92. The molecule has 0 radical (unpaired) electrons. The zero-order chi connectivity index (χ0) is 18.3. The van der Waals surface area contributed by atoms with E-state index in [4.69, 9.17) is 10.1 Å². The molecule has 1 saturated carbocycles. The Kier molecular flexibility index (Phi) is 4.70. The van der Waals surface area contributed by atoms with Crippen molar-refractivity contribution in [2.75, 3.05) is 0 Å². The van der Waals surface area contributed by atoms with Crippen LogP contribution in [0, 0.1) is 31.6 Å². The summed E-state index contributed by atoms with van der Waals surface area (Å²) < 4.78 is 2.05. The highest BCUT2D eigenvalue weighted by Crippen LogP contribution is 2.42. The third-order valence-corrected chi connectivity index (χ3v) is 6.39. The van der Waals surface area contributed by atoms with Crippen LogP contribution in [-0.4, -0.2) is 16.9 Å². The lowest BCUT2D eigenvalue weighted by Gasteiger charge is -2.13. The van der Waals surface area contributed by atoms with Gasteiger partial charge in [0.25, 0.3) is 0 Å². The van der Waals surface area contributed by atoms with E-state index < -0.39 is 0 Å². The number of allylic oxidation sites excluding steroid dienone is 2. The van der Waals surface area contributed by atoms with E-state index in [9.17, 15) is 0 Å². The molecule has 26 heavy (non-hydrogen) atoms. The first kappa shape index (κ1) is 17.5. The topological polar surface area (TPSA) is 29.6 Å². The van der Waals surface area contributed by atoms with Gasteiger partial charge < -0.3 is 0 Å². The van der Waals surface area contributed by atoms with Gasteiger partial charge in [-0.25, -0.2) is 4.68 Å². The van der Waals surface area contributed by atoms with Gasteiger partial charge in [0, 0.05) is 29.1 Å². The van der Waals surface area contributed by atoms with E-state index in [1.54, 1.807) is 11.3 Å². The highest BCUT2D eigenvalue weighted by Gasteiger charge is 2.34. The minimum atomic E-state index is 0.258. The molecule has 0 aliphatic heterocycles. The Morgan fingerprint density at radius 3 is 2.65 bits per heavy atom. The third-order valence-electron chi connectivity index (χ3n) is 5.56. The Morgan fingerprint density at radius 1 is 1.15 bits per heavy atom. The van der Waals surface area contributed by atoms with Crippen LogP contribution in [0.15, 0.2) is 45.8 Å². The molecule has 4 rings (SSSR count). The first-order valence-electron chi connectivity index (χ1n) is 9.56. The zero-order valence-electron chi connectivity index (χ0n) is 16.0. The molecule has 1 heterocycles. The van der Waals surface area contributed by atoms with E-state index in [0.717, 1.165) is 16.4 Å². The van der Waals surface area contributed by atoms with Gasteiger partial charge in [-0.1, -0.05) is 24.3 Å². The quantitative estimate of drug-likeness (QED) is 0.527. The van der Waals surface area contributed by atoms with Crippen LogP contribution in [0.3, 0.4) is 0 Å². The average Bonchev–Trinajstić information content (AvgIpc) is 3.31. The monoisotopic (exact) mass is 365 g/mol.